The third-order valence-electron chi connectivity index (χ3n) is 9.10. The number of hydrogen-bond donors (Lipinski definition) is 3. The lowest BCUT2D eigenvalue weighted by molar-refractivity contribution is -0.145. The molecule has 0 radical (unpaired) electrons. The van der Waals surface area contributed by atoms with E-state index in [4.69, 9.17) is 4.42 Å². The van der Waals surface area contributed by atoms with Gasteiger partial charge in [0.25, 0.3) is 0 Å². The summed E-state index contributed by atoms with van der Waals surface area (Å²) < 4.78 is 6.03. The van der Waals surface area contributed by atoms with Gasteiger partial charge in [0.05, 0.1) is 18.1 Å². The zero-order chi connectivity index (χ0) is 30.3. The van der Waals surface area contributed by atoms with E-state index in [0.717, 1.165) is 49.0 Å². The van der Waals surface area contributed by atoms with E-state index in [1.807, 2.05) is 79.7 Å². The van der Waals surface area contributed by atoms with Crippen LogP contribution in [0.1, 0.15) is 86.6 Å². The van der Waals surface area contributed by atoms with E-state index in [0.29, 0.717) is 18.6 Å². The first-order chi connectivity index (χ1) is 20.9. The number of carbonyl (C=O) groups is 3. The molecule has 0 bridgehead atoms. The van der Waals surface area contributed by atoms with E-state index in [2.05, 4.69) is 16.0 Å². The Kier molecular flexibility index (Phi) is 9.97. The predicted octanol–water partition coefficient (Wildman–Crippen LogP) is 5.20. The normalized spacial score (nSPS) is 20.5. The molecule has 0 spiro atoms. The second-order valence-corrected chi connectivity index (χ2v) is 12.0. The summed E-state index contributed by atoms with van der Waals surface area (Å²) in [5, 5.41) is 9.35. The van der Waals surface area contributed by atoms with E-state index >= 15 is 0 Å². The number of furan rings is 1. The van der Waals surface area contributed by atoms with Crippen LogP contribution in [0.3, 0.4) is 0 Å². The van der Waals surface area contributed by atoms with E-state index in [1.165, 1.54) is 0 Å². The van der Waals surface area contributed by atoms with Crippen LogP contribution >= 0.6 is 0 Å². The SMILES string of the molecule is CN[C@@H](C)C(=O)N[C@H](C(=O)N1[C@@H](c2ccc(C)o2)CC[C@H]1C(=O)NC(c1ccccc1)c1ccccc1)C1CCCCC1. The Bertz CT molecular complexity index is 1330. The van der Waals surface area contributed by atoms with Crippen molar-refractivity contribution in [2.24, 2.45) is 5.92 Å². The minimum Gasteiger partial charge on any atom is -0.464 e. The predicted molar refractivity (Wildman–Crippen MR) is 166 cm³/mol. The second kappa shape index (κ2) is 14.0. The molecule has 1 aromatic heterocycles. The standard InChI is InChI=1S/C35H44N4O4/c1-23-19-22-30(43-23)28-20-21-29(34(41)37-31(25-13-7-4-8-14-25)26-15-9-5-10-16-26)39(28)35(42)32(27-17-11-6-12-18-27)38-33(40)24(2)36-3/h4-5,7-10,13-16,19,22,24,27-29,31-32,36H,6,11-12,17-18,20-21H2,1-3H3,(H,37,41)(H,38,40)/t24-,28+,29-,32-/m0/s1. The molecule has 3 N–H and O–H groups in total. The maximum absolute atomic E-state index is 14.7. The van der Waals surface area contributed by atoms with Crippen LogP contribution in [-0.2, 0) is 14.4 Å². The number of likely N-dealkylation sites (tertiary alicyclic amines) is 1. The molecule has 1 aliphatic carbocycles. The van der Waals surface area contributed by atoms with Crippen LogP contribution in [0.4, 0.5) is 0 Å². The van der Waals surface area contributed by atoms with E-state index in [-0.39, 0.29) is 29.7 Å². The van der Waals surface area contributed by atoms with Gasteiger partial charge in [0.2, 0.25) is 17.7 Å². The molecule has 1 aliphatic heterocycles. The van der Waals surface area contributed by atoms with Crippen molar-refractivity contribution in [3.63, 3.8) is 0 Å². The summed E-state index contributed by atoms with van der Waals surface area (Å²) in [6.07, 6.45) is 5.99. The number of likely N-dealkylation sites (N-methyl/N-ethyl adjacent to an activating group) is 1. The summed E-state index contributed by atoms with van der Waals surface area (Å²) in [5.41, 5.74) is 1.93. The number of amides is 3. The van der Waals surface area contributed by atoms with Crippen molar-refractivity contribution in [1.82, 2.24) is 20.9 Å². The van der Waals surface area contributed by atoms with Crippen LogP contribution in [0.25, 0.3) is 0 Å². The summed E-state index contributed by atoms with van der Waals surface area (Å²) in [7, 11) is 1.73. The smallest absolute Gasteiger partial charge is 0.246 e. The molecule has 5 rings (SSSR count). The van der Waals surface area contributed by atoms with Crippen molar-refractivity contribution >= 4 is 17.7 Å². The number of benzene rings is 2. The monoisotopic (exact) mass is 584 g/mol. The van der Waals surface area contributed by atoms with E-state index in [9.17, 15) is 14.4 Å². The zero-order valence-electron chi connectivity index (χ0n) is 25.4. The fourth-order valence-corrected chi connectivity index (χ4v) is 6.59. The highest BCUT2D eigenvalue weighted by atomic mass is 16.3. The van der Waals surface area contributed by atoms with Crippen LogP contribution < -0.4 is 16.0 Å². The maximum atomic E-state index is 14.7. The van der Waals surface area contributed by atoms with Crippen molar-refractivity contribution in [3.05, 3.63) is 95.4 Å². The minimum atomic E-state index is -0.713. The van der Waals surface area contributed by atoms with Crippen LogP contribution in [0.2, 0.25) is 0 Å². The minimum absolute atomic E-state index is 0.0129. The fraction of sp³-hybridized carbons (Fsp3) is 0.457. The molecule has 8 heteroatoms. The number of nitrogens with zero attached hydrogens (tertiary/aromatic N) is 1. The van der Waals surface area contributed by atoms with Gasteiger partial charge in [0.1, 0.15) is 23.6 Å². The summed E-state index contributed by atoms with van der Waals surface area (Å²) >= 11 is 0. The molecule has 2 aromatic carbocycles. The van der Waals surface area contributed by atoms with Crippen LogP contribution in [0, 0.1) is 12.8 Å². The van der Waals surface area contributed by atoms with Crippen LogP contribution in [-0.4, -0.2) is 47.8 Å². The number of rotatable bonds is 10. The first kappa shape index (κ1) is 30.5. The molecule has 228 valence electrons. The van der Waals surface area contributed by atoms with Gasteiger partial charge in [-0.15, -0.1) is 0 Å². The topological polar surface area (TPSA) is 104 Å². The van der Waals surface area contributed by atoms with Crippen molar-refractivity contribution in [1.29, 1.82) is 0 Å². The molecule has 2 fully saturated rings. The van der Waals surface area contributed by atoms with Gasteiger partial charge >= 0.3 is 0 Å². The largest absolute Gasteiger partial charge is 0.464 e. The lowest BCUT2D eigenvalue weighted by Crippen LogP contribution is -2.58. The first-order valence-electron chi connectivity index (χ1n) is 15.6. The lowest BCUT2D eigenvalue weighted by atomic mass is 9.83. The van der Waals surface area contributed by atoms with Crippen molar-refractivity contribution < 1.29 is 18.8 Å². The Balaban J connectivity index is 1.48. The van der Waals surface area contributed by atoms with Gasteiger partial charge in [-0.05, 0) is 75.8 Å². The molecular formula is C35H44N4O4. The van der Waals surface area contributed by atoms with Gasteiger partial charge in [-0.1, -0.05) is 79.9 Å². The third kappa shape index (κ3) is 7.02. The Morgan fingerprint density at radius 1 is 0.814 bits per heavy atom. The van der Waals surface area contributed by atoms with Crippen molar-refractivity contribution in [2.75, 3.05) is 7.05 Å². The highest BCUT2D eigenvalue weighted by molar-refractivity contribution is 5.94. The Morgan fingerprint density at radius 3 is 2.00 bits per heavy atom. The fourth-order valence-electron chi connectivity index (χ4n) is 6.59. The molecule has 8 nitrogen and oxygen atoms in total. The van der Waals surface area contributed by atoms with E-state index in [1.54, 1.807) is 18.9 Å². The Morgan fingerprint density at radius 2 is 1.44 bits per heavy atom. The summed E-state index contributed by atoms with van der Waals surface area (Å²) in [6.45, 7) is 3.66. The van der Waals surface area contributed by atoms with Gasteiger partial charge in [-0.2, -0.15) is 0 Å². The van der Waals surface area contributed by atoms with Gasteiger partial charge < -0.3 is 25.3 Å². The Hall–Kier alpha value is -3.91. The second-order valence-electron chi connectivity index (χ2n) is 12.0. The number of carbonyl (C=O) groups excluding carboxylic acids is 3. The number of nitrogens with one attached hydrogen (secondary N) is 3. The molecule has 3 amide bonds. The summed E-state index contributed by atoms with van der Waals surface area (Å²) in [4.78, 5) is 43.8. The molecular weight excluding hydrogens is 540 g/mol. The molecule has 1 saturated carbocycles. The summed E-state index contributed by atoms with van der Waals surface area (Å²) in [5.74, 6) is 0.791. The molecule has 0 unspecified atom stereocenters. The quantitative estimate of drug-likeness (QED) is 0.304. The first-order valence-corrected chi connectivity index (χ1v) is 15.6. The van der Waals surface area contributed by atoms with Crippen LogP contribution in [0.5, 0.6) is 0 Å². The molecule has 2 heterocycles. The molecule has 2 aliphatic rings. The number of aryl methyl sites for hydroxylation is 1. The van der Waals surface area contributed by atoms with Crippen molar-refractivity contribution in [3.8, 4) is 0 Å². The van der Waals surface area contributed by atoms with Gasteiger partial charge in [0.15, 0.2) is 0 Å². The maximum Gasteiger partial charge on any atom is 0.246 e. The van der Waals surface area contributed by atoms with Gasteiger partial charge in [-0.3, -0.25) is 14.4 Å². The summed E-state index contributed by atoms with van der Waals surface area (Å²) in [6, 6.07) is 20.9. The molecule has 43 heavy (non-hydrogen) atoms. The Labute approximate surface area is 254 Å². The van der Waals surface area contributed by atoms with Crippen molar-refractivity contribution in [2.45, 2.75) is 89.0 Å². The molecule has 4 atom stereocenters. The molecule has 1 saturated heterocycles. The lowest BCUT2D eigenvalue weighted by Gasteiger charge is -2.37. The van der Waals surface area contributed by atoms with Gasteiger partial charge in [0, 0.05) is 0 Å². The molecule has 3 aromatic rings. The van der Waals surface area contributed by atoms with E-state index < -0.39 is 24.2 Å². The average Bonchev–Trinajstić information content (AvgIpc) is 3.69. The number of hydrogen-bond acceptors (Lipinski definition) is 5. The zero-order valence-corrected chi connectivity index (χ0v) is 25.4. The third-order valence-corrected chi connectivity index (χ3v) is 9.10. The van der Waals surface area contributed by atoms with Gasteiger partial charge in [-0.25, -0.2) is 0 Å². The average molecular weight is 585 g/mol. The highest BCUT2D eigenvalue weighted by Crippen LogP contribution is 2.39. The van der Waals surface area contributed by atoms with Crippen LogP contribution in [0.15, 0.2) is 77.2 Å². The highest BCUT2D eigenvalue weighted by Gasteiger charge is 2.47.